The molecule has 0 radical (unpaired) electrons. The predicted molar refractivity (Wildman–Crippen MR) is 59.2 cm³/mol. The molecule has 1 heterocycles. The Kier molecular flexibility index (Phi) is 2.76. The molecule has 2 aromatic rings. The van der Waals surface area contributed by atoms with E-state index in [2.05, 4.69) is 10.2 Å². The second-order valence-electron chi connectivity index (χ2n) is 3.47. The number of aromatic nitrogens is 2. The van der Waals surface area contributed by atoms with Crippen molar-refractivity contribution in [1.29, 1.82) is 0 Å². The Labute approximate surface area is 93.4 Å². The third-order valence-electron chi connectivity index (χ3n) is 2.21. The van der Waals surface area contributed by atoms with Crippen molar-refractivity contribution in [3.63, 3.8) is 0 Å². The van der Waals surface area contributed by atoms with Gasteiger partial charge in [-0.3, -0.25) is 5.10 Å². The van der Waals surface area contributed by atoms with Crippen LogP contribution in [-0.2, 0) is 16.4 Å². The first-order valence-corrected chi connectivity index (χ1v) is 6.20. The van der Waals surface area contributed by atoms with E-state index in [1.165, 1.54) is 12.1 Å². The molecular weight excluding hydrogens is 226 g/mol. The van der Waals surface area contributed by atoms with E-state index in [0.29, 0.717) is 6.42 Å². The first kappa shape index (κ1) is 10.8. The Morgan fingerprint density at radius 3 is 2.38 bits per heavy atom. The topological polar surface area (TPSA) is 88.8 Å². The Bertz CT molecular complexity index is 559. The molecule has 1 aromatic heterocycles. The predicted octanol–water partition coefficient (Wildman–Crippen LogP) is 0.648. The van der Waals surface area contributed by atoms with Gasteiger partial charge in [-0.05, 0) is 23.3 Å². The lowest BCUT2D eigenvalue weighted by Crippen LogP contribution is -2.11. The number of primary sulfonamides is 1. The maximum atomic E-state index is 11.0. The van der Waals surface area contributed by atoms with E-state index in [1.54, 1.807) is 24.5 Å². The number of nitrogens with zero attached hydrogens (tertiary/aromatic N) is 1. The highest BCUT2D eigenvalue weighted by atomic mass is 32.2. The Hall–Kier alpha value is -1.66. The van der Waals surface area contributed by atoms with Crippen LogP contribution in [0.5, 0.6) is 0 Å². The number of nitrogens with one attached hydrogen (secondary N) is 1. The molecule has 0 saturated heterocycles. The Balaban J connectivity index is 2.20. The summed E-state index contributed by atoms with van der Waals surface area (Å²) in [5, 5.41) is 11.6. The number of rotatable bonds is 3. The zero-order valence-corrected chi connectivity index (χ0v) is 9.24. The average molecular weight is 237 g/mol. The number of aromatic amines is 1. The summed E-state index contributed by atoms with van der Waals surface area (Å²) >= 11 is 0. The van der Waals surface area contributed by atoms with Gasteiger partial charge in [0.15, 0.2) is 0 Å². The van der Waals surface area contributed by atoms with Gasteiger partial charge in [-0.1, -0.05) is 12.1 Å². The van der Waals surface area contributed by atoms with Crippen LogP contribution < -0.4 is 5.14 Å². The van der Waals surface area contributed by atoms with E-state index in [0.717, 1.165) is 11.1 Å². The van der Waals surface area contributed by atoms with Crippen molar-refractivity contribution in [2.24, 2.45) is 5.14 Å². The third-order valence-corrected chi connectivity index (χ3v) is 3.14. The van der Waals surface area contributed by atoms with Gasteiger partial charge in [0.25, 0.3) is 0 Å². The van der Waals surface area contributed by atoms with E-state index >= 15 is 0 Å². The van der Waals surface area contributed by atoms with Gasteiger partial charge in [0, 0.05) is 12.6 Å². The van der Waals surface area contributed by atoms with Crippen LogP contribution in [0.25, 0.3) is 0 Å². The van der Waals surface area contributed by atoms with E-state index in [1.807, 2.05) is 0 Å². The summed E-state index contributed by atoms with van der Waals surface area (Å²) in [5.74, 6) is 0. The van der Waals surface area contributed by atoms with Gasteiger partial charge in [0.05, 0.1) is 11.1 Å². The van der Waals surface area contributed by atoms with Crippen LogP contribution in [0.2, 0.25) is 0 Å². The Morgan fingerprint density at radius 2 is 1.88 bits per heavy atom. The maximum absolute atomic E-state index is 11.0. The number of H-pyrrole nitrogens is 1. The molecule has 0 amide bonds. The molecule has 1 aromatic carbocycles. The van der Waals surface area contributed by atoms with Gasteiger partial charge < -0.3 is 0 Å². The van der Waals surface area contributed by atoms with Crippen molar-refractivity contribution < 1.29 is 8.42 Å². The minimum Gasteiger partial charge on any atom is -0.285 e. The van der Waals surface area contributed by atoms with Crippen molar-refractivity contribution in [3.8, 4) is 0 Å². The average Bonchev–Trinajstić information content (AvgIpc) is 2.70. The van der Waals surface area contributed by atoms with E-state index in [-0.39, 0.29) is 4.90 Å². The molecule has 0 atom stereocenters. The van der Waals surface area contributed by atoms with Crippen LogP contribution >= 0.6 is 0 Å². The van der Waals surface area contributed by atoms with Crippen molar-refractivity contribution in [3.05, 3.63) is 47.8 Å². The molecule has 0 aliphatic carbocycles. The fraction of sp³-hybridized carbons (Fsp3) is 0.100. The molecule has 0 aliphatic rings. The molecule has 0 spiro atoms. The van der Waals surface area contributed by atoms with Crippen molar-refractivity contribution in [2.75, 3.05) is 0 Å². The summed E-state index contributed by atoms with van der Waals surface area (Å²) in [6, 6.07) is 6.50. The molecule has 2 rings (SSSR count). The lowest BCUT2D eigenvalue weighted by Gasteiger charge is -2.01. The van der Waals surface area contributed by atoms with E-state index < -0.39 is 10.0 Å². The standard InChI is InChI=1S/C10H11N3O2S/c11-16(14,15)10-3-1-8(2-4-10)5-9-6-12-13-7-9/h1-4,6-7H,5H2,(H,12,13)(H2,11,14,15). The van der Waals surface area contributed by atoms with E-state index in [9.17, 15) is 8.42 Å². The van der Waals surface area contributed by atoms with Crippen LogP contribution in [0.15, 0.2) is 41.6 Å². The van der Waals surface area contributed by atoms with Crippen LogP contribution in [0, 0.1) is 0 Å². The van der Waals surface area contributed by atoms with Crippen LogP contribution in [0.3, 0.4) is 0 Å². The van der Waals surface area contributed by atoms with Gasteiger partial charge >= 0.3 is 0 Å². The normalized spacial score (nSPS) is 11.6. The van der Waals surface area contributed by atoms with Gasteiger partial charge in [0.1, 0.15) is 0 Å². The van der Waals surface area contributed by atoms with Crippen LogP contribution in [-0.4, -0.2) is 18.6 Å². The molecule has 0 unspecified atom stereocenters. The largest absolute Gasteiger partial charge is 0.285 e. The summed E-state index contributed by atoms with van der Waals surface area (Å²) in [5.41, 5.74) is 2.05. The van der Waals surface area contributed by atoms with Gasteiger partial charge in [-0.25, -0.2) is 13.6 Å². The number of sulfonamides is 1. The molecule has 84 valence electrons. The minimum absolute atomic E-state index is 0.128. The highest BCUT2D eigenvalue weighted by molar-refractivity contribution is 7.89. The third kappa shape index (κ3) is 2.47. The summed E-state index contributed by atoms with van der Waals surface area (Å²) in [7, 11) is -3.60. The van der Waals surface area contributed by atoms with Crippen LogP contribution in [0.1, 0.15) is 11.1 Å². The lowest BCUT2D eigenvalue weighted by atomic mass is 10.1. The zero-order valence-electron chi connectivity index (χ0n) is 8.42. The first-order chi connectivity index (χ1) is 7.55. The fourth-order valence-corrected chi connectivity index (χ4v) is 1.92. The van der Waals surface area contributed by atoms with Crippen molar-refractivity contribution >= 4 is 10.0 Å². The Morgan fingerprint density at radius 1 is 1.19 bits per heavy atom. The maximum Gasteiger partial charge on any atom is 0.238 e. The monoisotopic (exact) mass is 237 g/mol. The number of nitrogens with two attached hydrogens (primary N) is 1. The molecule has 16 heavy (non-hydrogen) atoms. The minimum atomic E-state index is -3.60. The highest BCUT2D eigenvalue weighted by Crippen LogP contribution is 2.11. The summed E-state index contributed by atoms with van der Waals surface area (Å²) in [4.78, 5) is 0.128. The quantitative estimate of drug-likeness (QED) is 0.821. The fourth-order valence-electron chi connectivity index (χ4n) is 1.41. The molecule has 6 heteroatoms. The lowest BCUT2D eigenvalue weighted by molar-refractivity contribution is 0.598. The molecule has 5 nitrogen and oxygen atoms in total. The number of benzene rings is 1. The molecule has 3 N–H and O–H groups in total. The van der Waals surface area contributed by atoms with Gasteiger partial charge in [-0.2, -0.15) is 5.10 Å². The van der Waals surface area contributed by atoms with Crippen molar-refractivity contribution in [2.45, 2.75) is 11.3 Å². The summed E-state index contributed by atoms with van der Waals surface area (Å²) < 4.78 is 22.0. The van der Waals surface area contributed by atoms with E-state index in [4.69, 9.17) is 5.14 Å². The molecule has 0 aliphatic heterocycles. The highest BCUT2D eigenvalue weighted by Gasteiger charge is 2.06. The van der Waals surface area contributed by atoms with Gasteiger partial charge in [0.2, 0.25) is 10.0 Å². The molecule has 0 saturated carbocycles. The zero-order chi connectivity index (χ0) is 11.6. The van der Waals surface area contributed by atoms with Crippen molar-refractivity contribution in [1.82, 2.24) is 10.2 Å². The second kappa shape index (κ2) is 4.07. The summed E-state index contributed by atoms with van der Waals surface area (Å²) in [6.07, 6.45) is 4.24. The molecule has 0 fully saturated rings. The van der Waals surface area contributed by atoms with Crippen LogP contribution in [0.4, 0.5) is 0 Å². The second-order valence-corrected chi connectivity index (χ2v) is 5.03. The number of hydrogen-bond donors (Lipinski definition) is 2. The molecular formula is C10H11N3O2S. The van der Waals surface area contributed by atoms with Gasteiger partial charge in [-0.15, -0.1) is 0 Å². The SMILES string of the molecule is NS(=O)(=O)c1ccc(Cc2cn[nH]c2)cc1. The first-order valence-electron chi connectivity index (χ1n) is 4.65. The molecule has 0 bridgehead atoms. The summed E-state index contributed by atoms with van der Waals surface area (Å²) in [6.45, 7) is 0. The smallest absolute Gasteiger partial charge is 0.238 e. The number of hydrogen-bond acceptors (Lipinski definition) is 3.